The van der Waals surface area contributed by atoms with Crippen LogP contribution in [-0.2, 0) is 24.9 Å². The summed E-state index contributed by atoms with van der Waals surface area (Å²) in [7, 11) is 3.51. The van der Waals surface area contributed by atoms with E-state index in [1.54, 1.807) is 31.6 Å². The number of carbonyl (C=O) groups is 1. The van der Waals surface area contributed by atoms with Crippen molar-refractivity contribution < 1.29 is 14.3 Å². The molecule has 8 nitrogen and oxygen atoms in total. The van der Waals surface area contributed by atoms with Crippen molar-refractivity contribution in [3.05, 3.63) is 59.5 Å². The second-order valence-corrected chi connectivity index (χ2v) is 7.38. The molecule has 0 aliphatic carbocycles. The zero-order chi connectivity index (χ0) is 22.0. The van der Waals surface area contributed by atoms with Crippen LogP contribution < -0.4 is 10.1 Å². The van der Waals surface area contributed by atoms with Gasteiger partial charge >= 0.3 is 6.09 Å². The Balaban J connectivity index is 1.46. The number of carbonyl (C=O) groups excluding carboxylic acids is 1. The second kappa shape index (κ2) is 8.69. The minimum absolute atomic E-state index is 0.0353. The predicted octanol–water partition coefficient (Wildman–Crippen LogP) is 4.87. The highest BCUT2D eigenvalue weighted by Gasteiger charge is 2.15. The second-order valence-electron chi connectivity index (χ2n) is 6.94. The molecular formula is C22H22ClN5O3. The number of nitrogens with zero attached hydrogens (tertiary/aromatic N) is 4. The molecule has 4 rings (SSSR count). The molecular weight excluding hydrogens is 418 g/mol. The molecule has 1 amide bonds. The van der Waals surface area contributed by atoms with Crippen LogP contribution in [0.1, 0.15) is 12.6 Å². The van der Waals surface area contributed by atoms with Crippen LogP contribution in [0.3, 0.4) is 0 Å². The quantitative estimate of drug-likeness (QED) is 0.463. The van der Waals surface area contributed by atoms with Crippen LogP contribution in [0.25, 0.3) is 22.3 Å². The van der Waals surface area contributed by atoms with Crippen molar-refractivity contribution in [2.75, 3.05) is 12.4 Å². The number of ether oxygens (including phenoxy) is 2. The first-order valence-corrected chi connectivity index (χ1v) is 10.1. The molecule has 0 radical (unpaired) electrons. The molecule has 31 heavy (non-hydrogen) atoms. The van der Waals surface area contributed by atoms with Crippen molar-refractivity contribution in [2.24, 2.45) is 7.05 Å². The first-order chi connectivity index (χ1) is 15.0. The van der Waals surface area contributed by atoms with Gasteiger partial charge in [0, 0.05) is 29.9 Å². The molecule has 0 aliphatic rings. The van der Waals surface area contributed by atoms with E-state index in [1.807, 2.05) is 47.5 Å². The lowest BCUT2D eigenvalue weighted by Gasteiger charge is -2.10. The number of hydrogen-bond acceptors (Lipinski definition) is 5. The number of aromatic nitrogens is 4. The molecule has 1 N–H and O–H groups in total. The highest BCUT2D eigenvalue weighted by molar-refractivity contribution is 6.30. The maximum absolute atomic E-state index is 12.3. The van der Waals surface area contributed by atoms with Gasteiger partial charge in [0.05, 0.1) is 30.2 Å². The zero-order valence-electron chi connectivity index (χ0n) is 17.4. The fraction of sp³-hybridized carbons (Fsp3) is 0.227. The van der Waals surface area contributed by atoms with Crippen LogP contribution in [0.15, 0.2) is 48.8 Å². The third-order valence-electron chi connectivity index (χ3n) is 4.89. The fourth-order valence-corrected chi connectivity index (χ4v) is 3.54. The number of amides is 1. The lowest BCUT2D eigenvalue weighted by Crippen LogP contribution is -2.13. The molecule has 0 spiro atoms. The first-order valence-electron chi connectivity index (χ1n) is 9.74. The minimum Gasteiger partial charge on any atom is -0.496 e. The maximum atomic E-state index is 12.3. The van der Waals surface area contributed by atoms with Crippen LogP contribution in [0.2, 0.25) is 5.02 Å². The van der Waals surface area contributed by atoms with Crippen LogP contribution in [-0.4, -0.2) is 32.5 Å². The van der Waals surface area contributed by atoms with Crippen LogP contribution in [0.5, 0.6) is 5.75 Å². The van der Waals surface area contributed by atoms with Gasteiger partial charge in [0.25, 0.3) is 0 Å². The average Bonchev–Trinajstić information content (AvgIpc) is 3.35. The number of benzene rings is 2. The summed E-state index contributed by atoms with van der Waals surface area (Å²) in [6.07, 6.45) is 1.16. The standard InChI is InChI=1S/C22H22ClN5O3/c1-4-28-20(17-7-5-14(23)9-21(17)30-3)11-16(26-28)12-31-22(29)25-15-6-8-19-18(10-15)24-13-27(19)2/h5-11,13H,4,12H2,1-3H3,(H,25,29). The summed E-state index contributed by atoms with van der Waals surface area (Å²) in [6, 6.07) is 12.8. The molecule has 4 aromatic rings. The number of nitrogens with one attached hydrogen (secondary N) is 1. The van der Waals surface area contributed by atoms with Gasteiger partial charge in [-0.05, 0) is 49.4 Å². The summed E-state index contributed by atoms with van der Waals surface area (Å²) >= 11 is 6.07. The van der Waals surface area contributed by atoms with Gasteiger partial charge in [0.2, 0.25) is 0 Å². The zero-order valence-corrected chi connectivity index (χ0v) is 18.2. The van der Waals surface area contributed by atoms with E-state index in [1.165, 1.54) is 0 Å². The molecule has 0 unspecified atom stereocenters. The molecule has 0 saturated carbocycles. The number of hydrogen-bond donors (Lipinski definition) is 1. The lowest BCUT2D eigenvalue weighted by molar-refractivity contribution is 0.153. The minimum atomic E-state index is -0.563. The molecule has 2 aromatic heterocycles. The van der Waals surface area contributed by atoms with E-state index in [-0.39, 0.29) is 6.61 Å². The van der Waals surface area contributed by atoms with Gasteiger partial charge in [-0.2, -0.15) is 5.10 Å². The van der Waals surface area contributed by atoms with E-state index in [4.69, 9.17) is 21.1 Å². The molecule has 9 heteroatoms. The molecule has 0 fully saturated rings. The van der Waals surface area contributed by atoms with Gasteiger partial charge in [-0.15, -0.1) is 0 Å². The van der Waals surface area contributed by atoms with E-state index in [9.17, 15) is 4.79 Å². The number of rotatable bonds is 6. The monoisotopic (exact) mass is 439 g/mol. The fourth-order valence-electron chi connectivity index (χ4n) is 3.38. The van der Waals surface area contributed by atoms with E-state index in [0.29, 0.717) is 28.7 Å². The Bertz CT molecular complexity index is 1250. The molecule has 0 aliphatic heterocycles. The number of fused-ring (bicyclic) bond motifs is 1. The largest absolute Gasteiger partial charge is 0.496 e. The van der Waals surface area contributed by atoms with Crippen molar-refractivity contribution in [1.29, 1.82) is 0 Å². The van der Waals surface area contributed by atoms with Crippen molar-refractivity contribution in [3.63, 3.8) is 0 Å². The van der Waals surface area contributed by atoms with Gasteiger partial charge in [-0.1, -0.05) is 11.6 Å². The third kappa shape index (κ3) is 4.34. The van der Waals surface area contributed by atoms with Gasteiger partial charge in [-0.3, -0.25) is 10.00 Å². The lowest BCUT2D eigenvalue weighted by atomic mass is 10.1. The smallest absolute Gasteiger partial charge is 0.412 e. The van der Waals surface area contributed by atoms with Crippen molar-refractivity contribution in [2.45, 2.75) is 20.1 Å². The third-order valence-corrected chi connectivity index (χ3v) is 5.13. The Labute approximate surface area is 184 Å². The first kappa shape index (κ1) is 20.7. The van der Waals surface area contributed by atoms with Crippen LogP contribution in [0.4, 0.5) is 10.5 Å². The number of halogens is 1. The van der Waals surface area contributed by atoms with Gasteiger partial charge < -0.3 is 14.0 Å². The highest BCUT2D eigenvalue weighted by Crippen LogP contribution is 2.33. The van der Waals surface area contributed by atoms with Crippen LogP contribution in [0, 0.1) is 0 Å². The topological polar surface area (TPSA) is 83.2 Å². The SMILES string of the molecule is CCn1nc(COC(=O)Nc2ccc3c(c2)ncn3C)cc1-c1ccc(Cl)cc1OC. The molecule has 0 saturated heterocycles. The van der Waals surface area contributed by atoms with E-state index in [0.717, 1.165) is 22.3 Å². The van der Waals surface area contributed by atoms with Gasteiger partial charge in [-0.25, -0.2) is 9.78 Å². The molecule has 0 atom stereocenters. The Hall–Kier alpha value is -3.52. The predicted molar refractivity (Wildman–Crippen MR) is 119 cm³/mol. The van der Waals surface area contributed by atoms with Crippen molar-refractivity contribution >= 4 is 34.4 Å². The van der Waals surface area contributed by atoms with E-state index >= 15 is 0 Å². The number of aryl methyl sites for hydroxylation is 2. The Morgan fingerprint density at radius 3 is 2.81 bits per heavy atom. The molecule has 2 aromatic carbocycles. The summed E-state index contributed by atoms with van der Waals surface area (Å²) in [5.41, 5.74) is 4.74. The highest BCUT2D eigenvalue weighted by atomic mass is 35.5. The summed E-state index contributed by atoms with van der Waals surface area (Å²) < 4.78 is 14.6. The number of methoxy groups -OCH3 is 1. The summed E-state index contributed by atoms with van der Waals surface area (Å²) in [6.45, 7) is 2.68. The Morgan fingerprint density at radius 2 is 2.03 bits per heavy atom. The summed E-state index contributed by atoms with van der Waals surface area (Å²) in [4.78, 5) is 16.6. The molecule has 160 valence electrons. The van der Waals surface area contributed by atoms with Crippen molar-refractivity contribution in [1.82, 2.24) is 19.3 Å². The van der Waals surface area contributed by atoms with Gasteiger partial charge in [0.1, 0.15) is 18.1 Å². The average molecular weight is 440 g/mol. The number of imidazole rings is 1. The molecule has 2 heterocycles. The van der Waals surface area contributed by atoms with E-state index in [2.05, 4.69) is 15.4 Å². The number of anilines is 1. The molecule has 0 bridgehead atoms. The van der Waals surface area contributed by atoms with Crippen LogP contribution >= 0.6 is 11.6 Å². The maximum Gasteiger partial charge on any atom is 0.412 e. The Morgan fingerprint density at radius 1 is 1.19 bits per heavy atom. The summed E-state index contributed by atoms with van der Waals surface area (Å²) in [5.74, 6) is 0.650. The van der Waals surface area contributed by atoms with Crippen molar-refractivity contribution in [3.8, 4) is 17.0 Å². The van der Waals surface area contributed by atoms with E-state index < -0.39 is 6.09 Å². The Kier molecular flexibility index (Phi) is 5.81. The summed E-state index contributed by atoms with van der Waals surface area (Å²) in [5, 5.41) is 7.85. The van der Waals surface area contributed by atoms with Gasteiger partial charge in [0.15, 0.2) is 0 Å². The normalized spacial score (nSPS) is 11.0.